The van der Waals surface area contributed by atoms with E-state index in [4.69, 9.17) is 5.10 Å². The Morgan fingerprint density at radius 2 is 2.12 bits per heavy atom. The Labute approximate surface area is 149 Å². The molecule has 1 fully saturated rings. The van der Waals surface area contributed by atoms with E-state index in [-0.39, 0.29) is 11.5 Å². The quantitative estimate of drug-likeness (QED) is 0.783. The van der Waals surface area contributed by atoms with Crippen LogP contribution in [0.3, 0.4) is 0 Å². The second kappa shape index (κ2) is 6.15. The van der Waals surface area contributed by atoms with E-state index in [9.17, 15) is 9.59 Å². The summed E-state index contributed by atoms with van der Waals surface area (Å²) < 4.78 is 2.01. The summed E-state index contributed by atoms with van der Waals surface area (Å²) in [4.78, 5) is 29.6. The fourth-order valence-electron chi connectivity index (χ4n) is 3.52. The second-order valence-electron chi connectivity index (χ2n) is 6.70. The summed E-state index contributed by atoms with van der Waals surface area (Å²) in [5.41, 5.74) is 2.23. The fraction of sp³-hybridized carbons (Fsp3) is 0.389. The van der Waals surface area contributed by atoms with Crippen LogP contribution in [0.5, 0.6) is 0 Å². The summed E-state index contributed by atoms with van der Waals surface area (Å²) in [6.45, 7) is 0. The summed E-state index contributed by atoms with van der Waals surface area (Å²) in [5, 5.41) is 7.31. The molecular formula is C18H20N4O2S. The summed E-state index contributed by atoms with van der Waals surface area (Å²) in [7, 11) is 3.47. The number of thiophene rings is 1. The van der Waals surface area contributed by atoms with Gasteiger partial charge >= 0.3 is 0 Å². The molecule has 4 rings (SSSR count). The van der Waals surface area contributed by atoms with Crippen molar-refractivity contribution < 1.29 is 4.79 Å². The first kappa shape index (κ1) is 16.1. The van der Waals surface area contributed by atoms with E-state index in [0.29, 0.717) is 22.0 Å². The number of carbonyl (C=O) groups excluding carboxylic acids is 1. The Hall–Kier alpha value is -2.41. The summed E-state index contributed by atoms with van der Waals surface area (Å²) in [6, 6.07) is 4.10. The molecule has 1 aliphatic rings. The number of hydrogen-bond donors (Lipinski definition) is 1. The lowest BCUT2D eigenvalue weighted by Crippen LogP contribution is -2.20. The van der Waals surface area contributed by atoms with Gasteiger partial charge in [-0.25, -0.2) is 0 Å². The van der Waals surface area contributed by atoms with E-state index in [2.05, 4.69) is 4.98 Å². The van der Waals surface area contributed by atoms with Gasteiger partial charge in [-0.2, -0.15) is 5.10 Å². The van der Waals surface area contributed by atoms with Crippen LogP contribution in [0.2, 0.25) is 0 Å². The smallest absolute Gasteiger partial charge is 0.263 e. The summed E-state index contributed by atoms with van der Waals surface area (Å²) in [5.74, 6) is -0.0373. The average molecular weight is 356 g/mol. The number of nitrogens with zero attached hydrogens (tertiary/aromatic N) is 3. The minimum atomic E-state index is -0.136. The van der Waals surface area contributed by atoms with Gasteiger partial charge < -0.3 is 9.88 Å². The Morgan fingerprint density at radius 3 is 2.84 bits per heavy atom. The maximum Gasteiger partial charge on any atom is 0.263 e. The van der Waals surface area contributed by atoms with Crippen LogP contribution in [0.15, 0.2) is 28.5 Å². The normalized spacial score (nSPS) is 15.1. The van der Waals surface area contributed by atoms with Crippen molar-refractivity contribution in [1.29, 1.82) is 0 Å². The molecule has 0 spiro atoms. The Kier molecular flexibility index (Phi) is 3.95. The predicted molar refractivity (Wildman–Crippen MR) is 99.2 cm³/mol. The molecule has 25 heavy (non-hydrogen) atoms. The minimum Gasteiger partial charge on any atom is -0.344 e. The second-order valence-corrected chi connectivity index (χ2v) is 7.61. The molecule has 3 aromatic heterocycles. The monoisotopic (exact) mass is 356 g/mol. The molecule has 1 saturated carbocycles. The SMILES string of the molecule is CN(C)C(=O)c1cc(-c2nn(C3CCCC3)c3cc[nH]c(=O)c23)cs1. The van der Waals surface area contributed by atoms with Crippen LogP contribution < -0.4 is 5.56 Å². The molecule has 0 saturated heterocycles. The maximum atomic E-state index is 12.5. The molecule has 3 heterocycles. The van der Waals surface area contributed by atoms with Crippen molar-refractivity contribution in [1.82, 2.24) is 19.7 Å². The van der Waals surface area contributed by atoms with Gasteiger partial charge in [-0.15, -0.1) is 11.3 Å². The fourth-order valence-corrected chi connectivity index (χ4v) is 4.43. The first-order valence-corrected chi connectivity index (χ1v) is 9.34. The zero-order chi connectivity index (χ0) is 17.6. The van der Waals surface area contributed by atoms with Crippen LogP contribution in [-0.4, -0.2) is 39.7 Å². The predicted octanol–water partition coefficient (Wildman–Crippen LogP) is 3.27. The molecule has 1 aliphatic carbocycles. The van der Waals surface area contributed by atoms with Gasteiger partial charge in [0.2, 0.25) is 0 Å². The van der Waals surface area contributed by atoms with Gasteiger partial charge in [0.15, 0.2) is 0 Å². The first-order chi connectivity index (χ1) is 12.1. The highest BCUT2D eigenvalue weighted by atomic mass is 32.1. The highest BCUT2D eigenvalue weighted by Gasteiger charge is 2.24. The Balaban J connectivity index is 1.87. The third kappa shape index (κ3) is 2.68. The minimum absolute atomic E-state index is 0.0373. The standard InChI is InChI=1S/C18H20N4O2S/c1-21(2)18(24)14-9-11(10-25-14)16-15-13(7-8-19-17(15)23)22(20-16)12-5-3-4-6-12/h7-10,12H,3-6H2,1-2H3,(H,19,23). The van der Waals surface area contributed by atoms with Crippen LogP contribution in [0.25, 0.3) is 22.2 Å². The molecule has 0 radical (unpaired) electrons. The van der Waals surface area contributed by atoms with E-state index >= 15 is 0 Å². The number of rotatable bonds is 3. The van der Waals surface area contributed by atoms with Crippen LogP contribution in [0.4, 0.5) is 0 Å². The molecule has 0 unspecified atom stereocenters. The van der Waals surface area contributed by atoms with Crippen LogP contribution in [-0.2, 0) is 0 Å². The van der Waals surface area contributed by atoms with Crippen LogP contribution in [0, 0.1) is 0 Å². The lowest BCUT2D eigenvalue weighted by molar-refractivity contribution is 0.0832. The number of nitrogens with one attached hydrogen (secondary N) is 1. The highest BCUT2D eigenvalue weighted by Crippen LogP contribution is 2.35. The van der Waals surface area contributed by atoms with Gasteiger partial charge in [-0.1, -0.05) is 12.8 Å². The van der Waals surface area contributed by atoms with Crippen molar-refractivity contribution in [3.05, 3.63) is 38.9 Å². The van der Waals surface area contributed by atoms with Crippen molar-refractivity contribution in [2.75, 3.05) is 14.1 Å². The third-order valence-electron chi connectivity index (χ3n) is 4.79. The zero-order valence-electron chi connectivity index (χ0n) is 14.3. The molecule has 0 bridgehead atoms. The number of H-pyrrole nitrogens is 1. The van der Waals surface area contributed by atoms with Crippen molar-refractivity contribution in [2.45, 2.75) is 31.7 Å². The Bertz CT molecular complexity index is 992. The van der Waals surface area contributed by atoms with E-state index < -0.39 is 0 Å². The van der Waals surface area contributed by atoms with Crippen LogP contribution in [0.1, 0.15) is 41.4 Å². The van der Waals surface area contributed by atoms with Gasteiger partial charge in [0, 0.05) is 31.2 Å². The topological polar surface area (TPSA) is 71.0 Å². The number of carbonyl (C=O) groups is 1. The number of amides is 1. The maximum absolute atomic E-state index is 12.5. The molecular weight excluding hydrogens is 336 g/mol. The van der Waals surface area contributed by atoms with Gasteiger partial charge in [-0.05, 0) is 25.0 Å². The Morgan fingerprint density at radius 1 is 1.36 bits per heavy atom. The van der Waals surface area contributed by atoms with E-state index in [1.165, 1.54) is 24.2 Å². The summed E-state index contributed by atoms with van der Waals surface area (Å²) in [6.07, 6.45) is 6.26. The molecule has 1 amide bonds. The van der Waals surface area contributed by atoms with Crippen molar-refractivity contribution in [3.8, 4) is 11.3 Å². The molecule has 130 valence electrons. The number of aromatic nitrogens is 3. The number of aromatic amines is 1. The van der Waals surface area contributed by atoms with Crippen LogP contribution >= 0.6 is 11.3 Å². The molecule has 0 aliphatic heterocycles. The van der Waals surface area contributed by atoms with E-state index in [0.717, 1.165) is 23.9 Å². The average Bonchev–Trinajstić information content (AvgIpc) is 3.32. The van der Waals surface area contributed by atoms with Gasteiger partial charge in [0.1, 0.15) is 5.69 Å². The molecule has 3 aromatic rings. The van der Waals surface area contributed by atoms with Gasteiger partial charge in [-0.3, -0.25) is 14.3 Å². The van der Waals surface area contributed by atoms with E-state index in [1.807, 2.05) is 22.2 Å². The molecule has 0 aromatic carbocycles. The number of fused-ring (bicyclic) bond motifs is 1. The number of pyridine rings is 1. The molecule has 7 heteroatoms. The van der Waals surface area contributed by atoms with E-state index in [1.54, 1.807) is 25.2 Å². The van der Waals surface area contributed by atoms with Gasteiger partial charge in [0.25, 0.3) is 11.5 Å². The van der Waals surface area contributed by atoms with Crippen molar-refractivity contribution in [3.63, 3.8) is 0 Å². The third-order valence-corrected chi connectivity index (χ3v) is 5.71. The summed E-state index contributed by atoms with van der Waals surface area (Å²) >= 11 is 1.38. The highest BCUT2D eigenvalue weighted by molar-refractivity contribution is 7.12. The lowest BCUT2D eigenvalue weighted by Gasteiger charge is -2.10. The number of hydrogen-bond acceptors (Lipinski definition) is 4. The largest absolute Gasteiger partial charge is 0.344 e. The molecule has 0 atom stereocenters. The first-order valence-electron chi connectivity index (χ1n) is 8.46. The van der Waals surface area contributed by atoms with Crippen molar-refractivity contribution >= 4 is 28.1 Å². The van der Waals surface area contributed by atoms with Crippen molar-refractivity contribution in [2.24, 2.45) is 0 Å². The lowest BCUT2D eigenvalue weighted by atomic mass is 10.1. The molecule has 6 nitrogen and oxygen atoms in total. The zero-order valence-corrected chi connectivity index (χ0v) is 15.1. The molecule has 1 N–H and O–H groups in total. The van der Waals surface area contributed by atoms with Gasteiger partial charge in [0.05, 0.1) is 21.8 Å².